The van der Waals surface area contributed by atoms with Gasteiger partial charge in [0.2, 0.25) is 0 Å². The largest absolute Gasteiger partial charge is 0.492 e. The fourth-order valence-corrected chi connectivity index (χ4v) is 4.28. The smallest absolute Gasteiger partial charge is 0.325 e. The van der Waals surface area contributed by atoms with Gasteiger partial charge in [-0.25, -0.2) is 0 Å². The Hall–Kier alpha value is -1.92. The van der Waals surface area contributed by atoms with Gasteiger partial charge in [-0.3, -0.25) is 14.4 Å². The summed E-state index contributed by atoms with van der Waals surface area (Å²) in [5.41, 5.74) is -0.666. The van der Waals surface area contributed by atoms with Crippen LogP contribution in [0.3, 0.4) is 0 Å². The topological polar surface area (TPSA) is 69.7 Å². The van der Waals surface area contributed by atoms with Crippen LogP contribution in [-0.4, -0.2) is 29.7 Å². The molecule has 0 spiro atoms. The van der Waals surface area contributed by atoms with Crippen molar-refractivity contribution in [1.29, 1.82) is 0 Å². The quantitative estimate of drug-likeness (QED) is 0.354. The fraction of sp³-hybridized carbons (Fsp3) is 0.476. The number of carbonyl (C=O) groups excluding carboxylic acids is 3. The molecule has 1 saturated carbocycles. The van der Waals surface area contributed by atoms with Gasteiger partial charge in [0.05, 0.1) is 17.0 Å². The van der Waals surface area contributed by atoms with Gasteiger partial charge in [0.15, 0.2) is 17.5 Å². The minimum atomic E-state index is -1.49. The molecule has 1 aromatic carbocycles. The number of ketones is 2. The lowest BCUT2D eigenvalue weighted by Crippen LogP contribution is -2.38. The molecule has 0 aliphatic heterocycles. The van der Waals surface area contributed by atoms with Crippen molar-refractivity contribution in [3.05, 3.63) is 28.1 Å². The molecule has 0 radical (unpaired) electrons. The Labute approximate surface area is 173 Å². The zero-order chi connectivity index (χ0) is 20.6. The number of fused-ring (bicyclic) bond motifs is 1. The van der Waals surface area contributed by atoms with Crippen LogP contribution in [0.15, 0.2) is 17.5 Å². The summed E-state index contributed by atoms with van der Waals surface area (Å²) >= 11 is 8.00. The second-order valence-electron chi connectivity index (χ2n) is 7.84. The first-order valence-electron chi connectivity index (χ1n) is 9.27. The van der Waals surface area contributed by atoms with Gasteiger partial charge in [-0.2, -0.15) is 0 Å². The van der Waals surface area contributed by atoms with Gasteiger partial charge in [-0.05, 0) is 52.7 Å². The van der Waals surface area contributed by atoms with Crippen molar-refractivity contribution < 1.29 is 23.9 Å². The van der Waals surface area contributed by atoms with E-state index >= 15 is 0 Å². The van der Waals surface area contributed by atoms with E-state index in [4.69, 9.17) is 21.1 Å². The standard InChI is InChI=1S/C21H23ClO5S/c1-5-26-13-10-28-14-9-8-12(17(22)15(13)14)19(24)16(18(23)11-6-7-11)20(25)27-21(2,3)4/h8-11,16H,5-7H2,1-4H3. The Balaban J connectivity index is 2.02. The molecule has 28 heavy (non-hydrogen) atoms. The van der Waals surface area contributed by atoms with Crippen molar-refractivity contribution in [1.82, 2.24) is 0 Å². The molecular formula is C21H23ClO5S. The van der Waals surface area contributed by atoms with Crippen molar-refractivity contribution >= 4 is 50.6 Å². The number of ether oxygens (including phenoxy) is 2. The molecule has 1 fully saturated rings. The lowest BCUT2D eigenvalue weighted by molar-refractivity contribution is -0.160. The van der Waals surface area contributed by atoms with Crippen molar-refractivity contribution in [2.45, 2.75) is 46.1 Å². The summed E-state index contributed by atoms with van der Waals surface area (Å²) in [5, 5.41) is 2.65. The van der Waals surface area contributed by atoms with E-state index in [-0.39, 0.29) is 22.3 Å². The first kappa shape index (κ1) is 20.8. The predicted octanol–water partition coefficient (Wildman–Crippen LogP) is 5.07. The van der Waals surface area contributed by atoms with Crippen LogP contribution in [0.4, 0.5) is 0 Å². The average molecular weight is 423 g/mol. The number of hydrogen-bond acceptors (Lipinski definition) is 6. The lowest BCUT2D eigenvalue weighted by atomic mass is 9.90. The number of carbonyl (C=O) groups is 3. The Morgan fingerprint density at radius 1 is 1.25 bits per heavy atom. The molecule has 5 nitrogen and oxygen atoms in total. The van der Waals surface area contributed by atoms with E-state index in [2.05, 4.69) is 0 Å². The van der Waals surface area contributed by atoms with E-state index in [0.29, 0.717) is 30.6 Å². The fourth-order valence-electron chi connectivity index (χ4n) is 2.99. The SMILES string of the molecule is CCOc1csc2ccc(C(=O)C(C(=O)OC(C)(C)C)C(=O)C3CC3)c(Cl)c12. The first-order chi connectivity index (χ1) is 13.1. The number of halogens is 1. The molecule has 150 valence electrons. The number of Topliss-reactive ketones (excluding diaryl/α,β-unsaturated/α-hetero) is 2. The highest BCUT2D eigenvalue weighted by Gasteiger charge is 2.45. The van der Waals surface area contributed by atoms with Gasteiger partial charge >= 0.3 is 5.97 Å². The number of esters is 1. The Morgan fingerprint density at radius 3 is 2.50 bits per heavy atom. The predicted molar refractivity (Wildman–Crippen MR) is 109 cm³/mol. The van der Waals surface area contributed by atoms with Crippen molar-refractivity contribution in [3.63, 3.8) is 0 Å². The van der Waals surface area contributed by atoms with Crippen LogP contribution >= 0.6 is 22.9 Å². The Morgan fingerprint density at radius 2 is 1.93 bits per heavy atom. The van der Waals surface area contributed by atoms with Gasteiger partial charge in [-0.15, -0.1) is 11.3 Å². The highest BCUT2D eigenvalue weighted by Crippen LogP contribution is 2.41. The van der Waals surface area contributed by atoms with Crippen LogP contribution in [0.5, 0.6) is 5.75 Å². The molecule has 0 amide bonds. The highest BCUT2D eigenvalue weighted by atomic mass is 35.5. The van der Waals surface area contributed by atoms with Crippen LogP contribution in [0.2, 0.25) is 5.02 Å². The maximum Gasteiger partial charge on any atom is 0.325 e. The zero-order valence-corrected chi connectivity index (χ0v) is 17.9. The van der Waals surface area contributed by atoms with Crippen LogP contribution in [0, 0.1) is 11.8 Å². The zero-order valence-electron chi connectivity index (χ0n) is 16.3. The monoisotopic (exact) mass is 422 g/mol. The normalized spacial score (nSPS) is 15.3. The van der Waals surface area contributed by atoms with E-state index in [1.807, 2.05) is 12.3 Å². The molecule has 1 aliphatic rings. The van der Waals surface area contributed by atoms with E-state index < -0.39 is 23.3 Å². The highest BCUT2D eigenvalue weighted by molar-refractivity contribution is 7.17. The second-order valence-corrected chi connectivity index (χ2v) is 9.13. The number of rotatable bonds is 7. The molecule has 0 N–H and O–H groups in total. The van der Waals surface area contributed by atoms with Gasteiger partial charge in [0, 0.05) is 21.6 Å². The van der Waals surface area contributed by atoms with Gasteiger partial charge in [0.25, 0.3) is 0 Å². The maximum atomic E-state index is 13.3. The summed E-state index contributed by atoms with van der Waals surface area (Å²) in [4.78, 5) is 38.7. The number of hydrogen-bond donors (Lipinski definition) is 0. The molecule has 1 aliphatic carbocycles. The lowest BCUT2D eigenvalue weighted by Gasteiger charge is -2.23. The van der Waals surface area contributed by atoms with E-state index in [0.717, 1.165) is 4.70 Å². The van der Waals surface area contributed by atoms with E-state index in [9.17, 15) is 14.4 Å². The molecular weight excluding hydrogens is 400 g/mol. The molecule has 3 rings (SSSR count). The Bertz CT molecular complexity index is 936. The van der Waals surface area contributed by atoms with Crippen molar-refractivity contribution in [2.24, 2.45) is 11.8 Å². The average Bonchev–Trinajstić information content (AvgIpc) is 3.36. The van der Waals surface area contributed by atoms with Crippen LogP contribution in [0.25, 0.3) is 10.1 Å². The van der Waals surface area contributed by atoms with E-state index in [1.165, 1.54) is 11.3 Å². The minimum absolute atomic E-state index is 0.137. The minimum Gasteiger partial charge on any atom is -0.492 e. The van der Waals surface area contributed by atoms with Crippen molar-refractivity contribution in [2.75, 3.05) is 6.61 Å². The third kappa shape index (κ3) is 4.23. The summed E-state index contributed by atoms with van der Waals surface area (Å²) in [5.74, 6) is -2.98. The summed E-state index contributed by atoms with van der Waals surface area (Å²) in [6, 6.07) is 3.33. The number of benzene rings is 1. The maximum absolute atomic E-state index is 13.3. The Kier molecular flexibility index (Phi) is 5.82. The molecule has 1 heterocycles. The summed E-state index contributed by atoms with van der Waals surface area (Å²) in [6.45, 7) is 7.42. The summed E-state index contributed by atoms with van der Waals surface area (Å²) < 4.78 is 11.8. The van der Waals surface area contributed by atoms with Crippen LogP contribution < -0.4 is 4.74 Å². The van der Waals surface area contributed by atoms with Gasteiger partial charge in [-0.1, -0.05) is 11.6 Å². The van der Waals surface area contributed by atoms with Crippen molar-refractivity contribution in [3.8, 4) is 5.75 Å². The molecule has 0 bridgehead atoms. The molecule has 2 aromatic rings. The molecule has 1 aromatic heterocycles. The third-order valence-corrected chi connectivity index (χ3v) is 5.70. The van der Waals surface area contributed by atoms with Gasteiger partial charge in [0.1, 0.15) is 11.4 Å². The van der Waals surface area contributed by atoms with Crippen LogP contribution in [0.1, 0.15) is 50.9 Å². The van der Waals surface area contributed by atoms with Crippen LogP contribution in [-0.2, 0) is 14.3 Å². The number of thiophene rings is 1. The van der Waals surface area contributed by atoms with E-state index in [1.54, 1.807) is 32.9 Å². The third-order valence-electron chi connectivity index (χ3n) is 4.38. The molecule has 1 unspecified atom stereocenters. The summed E-state index contributed by atoms with van der Waals surface area (Å²) in [7, 11) is 0. The second kappa shape index (κ2) is 7.84. The molecule has 1 atom stereocenters. The van der Waals surface area contributed by atoms with Gasteiger partial charge < -0.3 is 9.47 Å². The molecule has 7 heteroatoms. The first-order valence-corrected chi connectivity index (χ1v) is 10.5. The molecule has 0 saturated heterocycles. The summed E-state index contributed by atoms with van der Waals surface area (Å²) in [6.07, 6.45) is 1.38.